The number of carboxylic acid groups (broad SMARTS) is 1. The highest BCUT2D eigenvalue weighted by Gasteiger charge is 2.42. The molecule has 0 saturated heterocycles. The quantitative estimate of drug-likeness (QED) is 0.694. The Morgan fingerprint density at radius 2 is 2.00 bits per heavy atom. The molecule has 1 unspecified atom stereocenters. The highest BCUT2D eigenvalue weighted by molar-refractivity contribution is 5.86. The van der Waals surface area contributed by atoms with E-state index in [4.69, 9.17) is 4.74 Å². The Labute approximate surface area is 120 Å². The van der Waals surface area contributed by atoms with Gasteiger partial charge in [-0.1, -0.05) is 13.8 Å². The maximum Gasteiger partial charge on any atom is 0.329 e. The molecule has 1 atom stereocenters. The van der Waals surface area contributed by atoms with E-state index >= 15 is 0 Å². The standard InChI is InChI=1S/C14H26N2O4/c1-4-11(9-20-3)15-13(19)16-14(12(17)18)7-5-10(2)6-8-14/h10-11H,4-9H2,1-3H3,(H,17,18)(H2,15,16,19). The number of hydrogen-bond acceptors (Lipinski definition) is 3. The molecule has 1 aliphatic carbocycles. The summed E-state index contributed by atoms with van der Waals surface area (Å²) in [7, 11) is 1.57. The molecule has 0 bridgehead atoms. The van der Waals surface area contributed by atoms with E-state index in [2.05, 4.69) is 17.6 Å². The first-order chi connectivity index (χ1) is 9.43. The Hall–Kier alpha value is -1.30. The average molecular weight is 286 g/mol. The van der Waals surface area contributed by atoms with Crippen LogP contribution in [0.25, 0.3) is 0 Å². The molecule has 0 heterocycles. The van der Waals surface area contributed by atoms with Crippen molar-refractivity contribution in [3.05, 3.63) is 0 Å². The highest BCUT2D eigenvalue weighted by Crippen LogP contribution is 2.32. The summed E-state index contributed by atoms with van der Waals surface area (Å²) in [6, 6.07) is -0.529. The number of hydrogen-bond donors (Lipinski definition) is 3. The molecule has 1 saturated carbocycles. The minimum atomic E-state index is -1.12. The van der Waals surface area contributed by atoms with Crippen LogP contribution in [0.5, 0.6) is 0 Å². The molecule has 6 nitrogen and oxygen atoms in total. The van der Waals surface area contributed by atoms with Gasteiger partial charge in [-0.05, 0) is 38.0 Å². The van der Waals surface area contributed by atoms with Gasteiger partial charge in [-0.2, -0.15) is 0 Å². The van der Waals surface area contributed by atoms with Gasteiger partial charge in [0.05, 0.1) is 12.6 Å². The second kappa shape index (κ2) is 7.47. The van der Waals surface area contributed by atoms with Crippen LogP contribution in [0.15, 0.2) is 0 Å². The summed E-state index contributed by atoms with van der Waals surface area (Å²) in [6.07, 6.45) is 3.35. The molecule has 0 spiro atoms. The van der Waals surface area contributed by atoms with Crippen molar-refractivity contribution in [1.82, 2.24) is 10.6 Å². The Kier molecular flexibility index (Phi) is 6.26. The lowest BCUT2D eigenvalue weighted by Gasteiger charge is -2.36. The number of carboxylic acids is 1. The van der Waals surface area contributed by atoms with Crippen molar-refractivity contribution in [3.8, 4) is 0 Å². The Morgan fingerprint density at radius 1 is 1.40 bits per heavy atom. The number of rotatable bonds is 6. The molecule has 0 aromatic carbocycles. The van der Waals surface area contributed by atoms with Crippen molar-refractivity contribution in [2.75, 3.05) is 13.7 Å². The van der Waals surface area contributed by atoms with E-state index in [1.54, 1.807) is 7.11 Å². The number of aliphatic carboxylic acids is 1. The van der Waals surface area contributed by atoms with E-state index < -0.39 is 17.5 Å². The fourth-order valence-electron chi connectivity index (χ4n) is 2.55. The van der Waals surface area contributed by atoms with Crippen molar-refractivity contribution >= 4 is 12.0 Å². The summed E-state index contributed by atoms with van der Waals surface area (Å²) >= 11 is 0. The van der Waals surface area contributed by atoms with Gasteiger partial charge in [-0.3, -0.25) is 0 Å². The number of ether oxygens (including phenoxy) is 1. The molecule has 116 valence electrons. The predicted octanol–water partition coefficient (Wildman–Crippen LogP) is 1.74. The van der Waals surface area contributed by atoms with Gasteiger partial charge in [0, 0.05) is 7.11 Å². The second-order valence-electron chi connectivity index (χ2n) is 5.73. The lowest BCUT2D eigenvalue weighted by molar-refractivity contribution is -0.146. The molecule has 0 aromatic heterocycles. The molecule has 3 N–H and O–H groups in total. The van der Waals surface area contributed by atoms with Crippen molar-refractivity contribution in [2.45, 2.75) is 57.5 Å². The first-order valence-corrected chi connectivity index (χ1v) is 7.24. The van der Waals surface area contributed by atoms with Crippen LogP contribution in [-0.2, 0) is 9.53 Å². The van der Waals surface area contributed by atoms with Crippen LogP contribution < -0.4 is 10.6 Å². The fraction of sp³-hybridized carbons (Fsp3) is 0.857. The van der Waals surface area contributed by atoms with Crippen LogP contribution in [0.2, 0.25) is 0 Å². The molecule has 0 aromatic rings. The third-order valence-electron chi connectivity index (χ3n) is 4.09. The molecule has 6 heteroatoms. The van der Waals surface area contributed by atoms with Crippen molar-refractivity contribution < 1.29 is 19.4 Å². The molecule has 1 fully saturated rings. The van der Waals surface area contributed by atoms with Crippen LogP contribution in [0.1, 0.15) is 46.0 Å². The van der Waals surface area contributed by atoms with Gasteiger partial charge in [0.25, 0.3) is 0 Å². The van der Waals surface area contributed by atoms with E-state index in [1.165, 1.54) is 0 Å². The van der Waals surface area contributed by atoms with Gasteiger partial charge in [0.1, 0.15) is 5.54 Å². The smallest absolute Gasteiger partial charge is 0.329 e. The minimum Gasteiger partial charge on any atom is -0.480 e. The van der Waals surface area contributed by atoms with Crippen LogP contribution in [0.4, 0.5) is 4.79 Å². The average Bonchev–Trinajstić information content (AvgIpc) is 2.40. The summed E-state index contributed by atoms with van der Waals surface area (Å²) in [5.74, 6) is -0.427. The van der Waals surface area contributed by atoms with E-state index in [0.29, 0.717) is 25.4 Å². The van der Waals surface area contributed by atoms with Gasteiger partial charge in [-0.15, -0.1) is 0 Å². The maximum atomic E-state index is 12.0. The van der Waals surface area contributed by atoms with E-state index in [1.807, 2.05) is 6.92 Å². The van der Waals surface area contributed by atoms with Gasteiger partial charge in [0.15, 0.2) is 0 Å². The topological polar surface area (TPSA) is 87.7 Å². The van der Waals surface area contributed by atoms with Gasteiger partial charge in [0.2, 0.25) is 0 Å². The van der Waals surface area contributed by atoms with Gasteiger partial charge in [-0.25, -0.2) is 9.59 Å². The summed E-state index contributed by atoms with van der Waals surface area (Å²) in [5, 5.41) is 14.9. The van der Waals surface area contributed by atoms with E-state index in [0.717, 1.165) is 19.3 Å². The molecule has 2 amide bonds. The molecule has 0 aliphatic heterocycles. The summed E-state index contributed by atoms with van der Waals surface area (Å²) < 4.78 is 5.01. The number of nitrogens with one attached hydrogen (secondary N) is 2. The van der Waals surface area contributed by atoms with Gasteiger partial charge < -0.3 is 20.5 Å². The van der Waals surface area contributed by atoms with Crippen molar-refractivity contribution in [2.24, 2.45) is 5.92 Å². The minimum absolute atomic E-state index is 0.103. The third-order valence-corrected chi connectivity index (χ3v) is 4.09. The Balaban J connectivity index is 2.62. The van der Waals surface area contributed by atoms with Crippen LogP contribution in [0.3, 0.4) is 0 Å². The summed E-state index contributed by atoms with van der Waals surface area (Å²) in [4.78, 5) is 23.5. The molecule has 1 rings (SSSR count). The van der Waals surface area contributed by atoms with E-state index in [9.17, 15) is 14.7 Å². The summed E-state index contributed by atoms with van der Waals surface area (Å²) in [5.41, 5.74) is -1.12. The first kappa shape index (κ1) is 16.8. The lowest BCUT2D eigenvalue weighted by atomic mass is 9.77. The normalized spacial score (nSPS) is 27.6. The SMILES string of the molecule is CCC(COC)NC(=O)NC1(C(=O)O)CCC(C)CC1. The number of carbonyl (C=O) groups is 2. The molecule has 20 heavy (non-hydrogen) atoms. The first-order valence-electron chi connectivity index (χ1n) is 7.24. The monoisotopic (exact) mass is 286 g/mol. The second-order valence-corrected chi connectivity index (χ2v) is 5.73. The van der Waals surface area contributed by atoms with Crippen molar-refractivity contribution in [1.29, 1.82) is 0 Å². The van der Waals surface area contributed by atoms with Crippen molar-refractivity contribution in [3.63, 3.8) is 0 Å². The van der Waals surface area contributed by atoms with Crippen LogP contribution >= 0.6 is 0 Å². The Bertz CT molecular complexity index is 338. The number of amides is 2. The zero-order valence-corrected chi connectivity index (χ0v) is 12.6. The molecule has 0 radical (unpaired) electrons. The number of methoxy groups -OCH3 is 1. The Morgan fingerprint density at radius 3 is 2.45 bits per heavy atom. The molecular weight excluding hydrogens is 260 g/mol. The molecular formula is C14H26N2O4. The summed E-state index contributed by atoms with van der Waals surface area (Å²) in [6.45, 7) is 4.47. The zero-order chi connectivity index (χ0) is 15.2. The fourth-order valence-corrected chi connectivity index (χ4v) is 2.55. The molecule has 1 aliphatic rings. The highest BCUT2D eigenvalue weighted by atomic mass is 16.5. The lowest BCUT2D eigenvalue weighted by Crippen LogP contribution is -2.59. The van der Waals surface area contributed by atoms with Crippen LogP contribution in [-0.4, -0.2) is 42.4 Å². The zero-order valence-electron chi connectivity index (χ0n) is 12.6. The third kappa shape index (κ3) is 4.37. The van der Waals surface area contributed by atoms with Gasteiger partial charge >= 0.3 is 12.0 Å². The number of carbonyl (C=O) groups excluding carboxylic acids is 1. The number of urea groups is 1. The predicted molar refractivity (Wildman–Crippen MR) is 75.6 cm³/mol. The maximum absolute atomic E-state index is 12.0. The largest absolute Gasteiger partial charge is 0.480 e. The van der Waals surface area contributed by atoms with Crippen LogP contribution in [0, 0.1) is 5.92 Å². The van der Waals surface area contributed by atoms with E-state index in [-0.39, 0.29) is 6.04 Å².